The summed E-state index contributed by atoms with van der Waals surface area (Å²) < 4.78 is 1.84. The molecule has 0 spiro atoms. The van der Waals surface area contributed by atoms with Gasteiger partial charge in [-0.3, -0.25) is 4.79 Å². The molecule has 1 saturated carbocycles. The van der Waals surface area contributed by atoms with Gasteiger partial charge in [-0.05, 0) is 25.0 Å². The van der Waals surface area contributed by atoms with Crippen LogP contribution in [0.25, 0.3) is 11.0 Å². The Bertz CT molecular complexity index is 623. The molecule has 5 nitrogen and oxygen atoms in total. The molecule has 2 unspecified atom stereocenters. The highest BCUT2D eigenvalue weighted by atomic mass is 16.3. The van der Waals surface area contributed by atoms with E-state index in [0.29, 0.717) is 0 Å². The molecule has 1 aliphatic rings. The summed E-state index contributed by atoms with van der Waals surface area (Å²) in [5.74, 6) is -0.0656. The fourth-order valence-electron chi connectivity index (χ4n) is 3.00. The van der Waals surface area contributed by atoms with Gasteiger partial charge in [-0.2, -0.15) is 0 Å². The van der Waals surface area contributed by atoms with E-state index in [0.717, 1.165) is 43.1 Å². The van der Waals surface area contributed by atoms with Crippen LogP contribution in [-0.2, 0) is 11.3 Å². The molecule has 2 N–H and O–H groups in total. The first-order valence-electron chi connectivity index (χ1n) is 7.61. The van der Waals surface area contributed by atoms with E-state index in [2.05, 4.69) is 10.3 Å². The second-order valence-corrected chi connectivity index (χ2v) is 5.74. The van der Waals surface area contributed by atoms with Crippen molar-refractivity contribution in [2.75, 3.05) is 0 Å². The summed E-state index contributed by atoms with van der Waals surface area (Å²) in [6.07, 6.45) is 6.14. The fraction of sp³-hybridized carbons (Fsp3) is 0.500. The zero-order chi connectivity index (χ0) is 14.7. The molecule has 1 fully saturated rings. The number of benzene rings is 1. The lowest BCUT2D eigenvalue weighted by Gasteiger charge is -2.21. The number of nitrogens with zero attached hydrogens (tertiary/aromatic N) is 2. The lowest BCUT2D eigenvalue weighted by atomic mass is 10.1. The molecular weight excluding hydrogens is 266 g/mol. The average molecular weight is 287 g/mol. The Balaban J connectivity index is 1.66. The zero-order valence-electron chi connectivity index (χ0n) is 12.0. The molecule has 5 heteroatoms. The van der Waals surface area contributed by atoms with Gasteiger partial charge < -0.3 is 15.0 Å². The van der Waals surface area contributed by atoms with Crippen LogP contribution in [0.15, 0.2) is 30.6 Å². The number of aliphatic hydroxyl groups is 1. The van der Waals surface area contributed by atoms with Crippen molar-refractivity contribution in [2.24, 2.45) is 0 Å². The highest BCUT2D eigenvalue weighted by Gasteiger charge is 2.23. The molecule has 0 bridgehead atoms. The zero-order valence-corrected chi connectivity index (χ0v) is 12.0. The van der Waals surface area contributed by atoms with E-state index in [1.807, 2.05) is 28.8 Å². The van der Waals surface area contributed by atoms with Crippen molar-refractivity contribution in [1.82, 2.24) is 14.9 Å². The van der Waals surface area contributed by atoms with Crippen molar-refractivity contribution in [1.29, 1.82) is 0 Å². The van der Waals surface area contributed by atoms with Gasteiger partial charge in [0.05, 0.1) is 29.5 Å². The Morgan fingerprint density at radius 3 is 3.00 bits per heavy atom. The van der Waals surface area contributed by atoms with Crippen molar-refractivity contribution in [3.05, 3.63) is 30.6 Å². The van der Waals surface area contributed by atoms with E-state index in [1.54, 1.807) is 6.33 Å². The normalized spacial score (nSPS) is 22.9. The van der Waals surface area contributed by atoms with Gasteiger partial charge in [-0.15, -0.1) is 0 Å². The maximum absolute atomic E-state index is 12.2. The predicted octanol–water partition coefficient (Wildman–Crippen LogP) is 1.85. The van der Waals surface area contributed by atoms with Gasteiger partial charge in [0.15, 0.2) is 0 Å². The Hall–Kier alpha value is -1.88. The summed E-state index contributed by atoms with van der Waals surface area (Å²) in [6.45, 7) is 0.240. The lowest BCUT2D eigenvalue weighted by molar-refractivity contribution is -0.123. The van der Waals surface area contributed by atoms with Crippen LogP contribution in [0.5, 0.6) is 0 Å². The number of fused-ring (bicyclic) bond motifs is 1. The van der Waals surface area contributed by atoms with E-state index >= 15 is 0 Å². The van der Waals surface area contributed by atoms with Crippen LogP contribution in [0.2, 0.25) is 0 Å². The molecule has 2 aromatic rings. The topological polar surface area (TPSA) is 67.2 Å². The monoisotopic (exact) mass is 287 g/mol. The Morgan fingerprint density at radius 1 is 1.29 bits per heavy atom. The summed E-state index contributed by atoms with van der Waals surface area (Å²) in [6, 6.07) is 7.64. The second-order valence-electron chi connectivity index (χ2n) is 5.74. The van der Waals surface area contributed by atoms with E-state index < -0.39 is 6.10 Å². The number of aromatic nitrogens is 2. The van der Waals surface area contributed by atoms with Crippen molar-refractivity contribution in [3.8, 4) is 0 Å². The molecule has 1 heterocycles. The Morgan fingerprint density at radius 2 is 2.10 bits per heavy atom. The van der Waals surface area contributed by atoms with Crippen molar-refractivity contribution in [3.63, 3.8) is 0 Å². The fourth-order valence-corrected chi connectivity index (χ4v) is 3.00. The molecule has 3 rings (SSSR count). The molecule has 1 aromatic heterocycles. The van der Waals surface area contributed by atoms with Crippen LogP contribution in [0, 0.1) is 0 Å². The summed E-state index contributed by atoms with van der Waals surface area (Å²) in [5.41, 5.74) is 1.84. The minimum absolute atomic E-state index is 0.0656. The minimum Gasteiger partial charge on any atom is -0.391 e. The average Bonchev–Trinajstić information content (AvgIpc) is 2.77. The third-order valence-corrected chi connectivity index (χ3v) is 4.17. The minimum atomic E-state index is -0.420. The highest BCUT2D eigenvalue weighted by Crippen LogP contribution is 2.18. The highest BCUT2D eigenvalue weighted by molar-refractivity contribution is 5.80. The van der Waals surface area contributed by atoms with Crippen molar-refractivity contribution >= 4 is 16.9 Å². The molecule has 0 radical (unpaired) electrons. The Labute approximate surface area is 124 Å². The quantitative estimate of drug-likeness (QED) is 0.847. The van der Waals surface area contributed by atoms with E-state index in [4.69, 9.17) is 0 Å². The smallest absolute Gasteiger partial charge is 0.240 e. The number of carbonyl (C=O) groups is 1. The maximum atomic E-state index is 12.2. The largest absolute Gasteiger partial charge is 0.391 e. The van der Waals surface area contributed by atoms with Gasteiger partial charge in [0.25, 0.3) is 0 Å². The summed E-state index contributed by atoms with van der Waals surface area (Å²) in [5, 5.41) is 13.0. The van der Waals surface area contributed by atoms with E-state index in [1.165, 1.54) is 0 Å². The Kier molecular flexibility index (Phi) is 4.20. The lowest BCUT2D eigenvalue weighted by Crippen LogP contribution is -2.43. The van der Waals surface area contributed by atoms with Crippen molar-refractivity contribution in [2.45, 2.75) is 50.8 Å². The van der Waals surface area contributed by atoms with Crippen LogP contribution in [0.1, 0.15) is 32.1 Å². The number of para-hydroxylation sites is 2. The van der Waals surface area contributed by atoms with Crippen LogP contribution >= 0.6 is 0 Å². The van der Waals surface area contributed by atoms with Crippen molar-refractivity contribution < 1.29 is 9.90 Å². The number of hydrogen-bond donors (Lipinski definition) is 2. The molecule has 0 aliphatic heterocycles. The van der Waals surface area contributed by atoms with Gasteiger partial charge >= 0.3 is 0 Å². The number of imidazole rings is 1. The van der Waals surface area contributed by atoms with E-state index in [9.17, 15) is 9.90 Å². The first kappa shape index (κ1) is 14.1. The first-order chi connectivity index (χ1) is 10.2. The van der Waals surface area contributed by atoms with Crippen LogP contribution in [0.4, 0.5) is 0 Å². The number of carbonyl (C=O) groups excluding carboxylic acids is 1. The predicted molar refractivity (Wildman–Crippen MR) is 80.8 cm³/mol. The summed E-state index contributed by atoms with van der Waals surface area (Å²) >= 11 is 0. The van der Waals surface area contributed by atoms with Gasteiger partial charge in [-0.25, -0.2) is 4.98 Å². The molecule has 21 heavy (non-hydrogen) atoms. The number of aliphatic hydroxyl groups excluding tert-OH is 1. The molecule has 1 aliphatic carbocycles. The summed E-state index contributed by atoms with van der Waals surface area (Å²) in [7, 11) is 0. The second kappa shape index (κ2) is 6.26. The van der Waals surface area contributed by atoms with Crippen LogP contribution < -0.4 is 5.32 Å². The van der Waals surface area contributed by atoms with Gasteiger partial charge in [-0.1, -0.05) is 31.4 Å². The maximum Gasteiger partial charge on any atom is 0.240 e. The SMILES string of the molecule is O=C(Cn1cnc2ccccc21)NC1CCCCCC1O. The standard InChI is InChI=1S/C16H21N3O2/c20-15-9-3-1-2-7-13(15)18-16(21)10-19-11-17-12-6-4-5-8-14(12)19/h4-6,8,11,13,15,20H,1-3,7,9-10H2,(H,18,21). The number of rotatable bonds is 3. The van der Waals surface area contributed by atoms with Gasteiger partial charge in [0.2, 0.25) is 5.91 Å². The molecule has 112 valence electrons. The van der Waals surface area contributed by atoms with Crippen LogP contribution in [-0.4, -0.2) is 32.7 Å². The third kappa shape index (κ3) is 3.24. The van der Waals surface area contributed by atoms with E-state index in [-0.39, 0.29) is 18.5 Å². The number of nitrogens with one attached hydrogen (secondary N) is 1. The molecular formula is C16H21N3O2. The molecule has 1 aromatic carbocycles. The molecule has 2 atom stereocenters. The molecule has 1 amide bonds. The third-order valence-electron chi connectivity index (χ3n) is 4.17. The number of hydrogen-bond acceptors (Lipinski definition) is 3. The first-order valence-corrected chi connectivity index (χ1v) is 7.61. The van der Waals surface area contributed by atoms with Crippen LogP contribution in [0.3, 0.4) is 0 Å². The van der Waals surface area contributed by atoms with Gasteiger partial charge in [0, 0.05) is 0 Å². The van der Waals surface area contributed by atoms with Gasteiger partial charge in [0.1, 0.15) is 6.54 Å². The summed E-state index contributed by atoms with van der Waals surface area (Å²) in [4.78, 5) is 16.5. The number of amides is 1. The molecule has 0 saturated heterocycles.